The van der Waals surface area contributed by atoms with Crippen molar-refractivity contribution in [1.82, 2.24) is 5.32 Å². The van der Waals surface area contributed by atoms with Gasteiger partial charge in [-0.3, -0.25) is 0 Å². The summed E-state index contributed by atoms with van der Waals surface area (Å²) in [5.74, 6) is 1.63. The average Bonchev–Trinajstić information content (AvgIpc) is 2.33. The molecule has 0 aromatic heterocycles. The zero-order valence-electron chi connectivity index (χ0n) is 12.3. The molecular formula is C15H29NO2. The van der Waals surface area contributed by atoms with Gasteiger partial charge < -0.3 is 14.8 Å². The van der Waals surface area contributed by atoms with Crippen LogP contribution in [0, 0.1) is 11.8 Å². The van der Waals surface area contributed by atoms with Crippen molar-refractivity contribution in [2.24, 2.45) is 11.8 Å². The minimum absolute atomic E-state index is 0.245. The first-order valence-corrected chi connectivity index (χ1v) is 7.57. The molecule has 0 saturated heterocycles. The molecule has 0 heterocycles. The minimum atomic E-state index is 0.245. The lowest BCUT2D eigenvalue weighted by molar-refractivity contribution is -0.135. The van der Waals surface area contributed by atoms with Crippen LogP contribution in [0.5, 0.6) is 0 Å². The Kier molecular flexibility index (Phi) is 5.05. The van der Waals surface area contributed by atoms with Crippen molar-refractivity contribution in [2.45, 2.75) is 70.7 Å². The van der Waals surface area contributed by atoms with Crippen LogP contribution in [-0.2, 0) is 9.47 Å². The fourth-order valence-electron chi connectivity index (χ4n) is 3.53. The molecule has 3 heteroatoms. The third kappa shape index (κ3) is 2.89. The number of hydrogen-bond donors (Lipinski definition) is 1. The monoisotopic (exact) mass is 255 g/mol. The van der Waals surface area contributed by atoms with Gasteiger partial charge in [0.25, 0.3) is 0 Å². The summed E-state index contributed by atoms with van der Waals surface area (Å²) < 4.78 is 11.3. The SMILES string of the molecule is CCOC1CC(NC2CCCC(C)C2C)C1OC. The molecule has 2 rings (SSSR count). The minimum Gasteiger partial charge on any atom is -0.377 e. The predicted molar refractivity (Wildman–Crippen MR) is 73.7 cm³/mol. The lowest BCUT2D eigenvalue weighted by Gasteiger charge is -2.47. The maximum Gasteiger partial charge on any atom is 0.0986 e. The van der Waals surface area contributed by atoms with Crippen LogP contribution in [0.1, 0.15) is 46.5 Å². The summed E-state index contributed by atoms with van der Waals surface area (Å²) in [7, 11) is 1.80. The molecule has 6 atom stereocenters. The van der Waals surface area contributed by atoms with Gasteiger partial charge in [0.15, 0.2) is 0 Å². The van der Waals surface area contributed by atoms with E-state index >= 15 is 0 Å². The Morgan fingerprint density at radius 1 is 1.17 bits per heavy atom. The molecule has 0 aliphatic heterocycles. The molecule has 2 fully saturated rings. The summed E-state index contributed by atoms with van der Waals surface area (Å²) in [6.07, 6.45) is 5.71. The molecule has 0 radical (unpaired) electrons. The summed E-state index contributed by atoms with van der Waals surface area (Å²) >= 11 is 0. The van der Waals surface area contributed by atoms with Crippen LogP contribution >= 0.6 is 0 Å². The summed E-state index contributed by atoms with van der Waals surface area (Å²) in [5.41, 5.74) is 0. The van der Waals surface area contributed by atoms with E-state index < -0.39 is 0 Å². The van der Waals surface area contributed by atoms with Crippen molar-refractivity contribution < 1.29 is 9.47 Å². The van der Waals surface area contributed by atoms with Crippen LogP contribution in [0.2, 0.25) is 0 Å². The number of ether oxygens (including phenoxy) is 2. The first-order chi connectivity index (χ1) is 8.67. The second-order valence-corrected chi connectivity index (χ2v) is 6.08. The zero-order chi connectivity index (χ0) is 13.1. The van der Waals surface area contributed by atoms with Crippen LogP contribution in [0.25, 0.3) is 0 Å². The summed E-state index contributed by atoms with van der Waals surface area (Å²) in [6, 6.07) is 1.16. The maximum absolute atomic E-state index is 5.68. The number of methoxy groups -OCH3 is 1. The van der Waals surface area contributed by atoms with Crippen molar-refractivity contribution in [3.63, 3.8) is 0 Å². The Labute approximate surface area is 112 Å². The second-order valence-electron chi connectivity index (χ2n) is 6.08. The first kappa shape index (κ1) is 14.3. The van der Waals surface area contributed by atoms with E-state index in [0.717, 1.165) is 24.9 Å². The second kappa shape index (κ2) is 6.36. The van der Waals surface area contributed by atoms with E-state index in [1.807, 2.05) is 0 Å². The van der Waals surface area contributed by atoms with Gasteiger partial charge in [-0.25, -0.2) is 0 Å². The van der Waals surface area contributed by atoms with E-state index in [4.69, 9.17) is 9.47 Å². The lowest BCUT2D eigenvalue weighted by atomic mass is 9.76. The third-order valence-corrected chi connectivity index (χ3v) is 5.04. The maximum atomic E-state index is 5.68. The molecule has 106 valence electrons. The van der Waals surface area contributed by atoms with Gasteiger partial charge in [-0.05, 0) is 31.6 Å². The molecule has 0 aromatic rings. The Hall–Kier alpha value is -0.120. The van der Waals surface area contributed by atoms with Gasteiger partial charge in [0.2, 0.25) is 0 Å². The normalized spacial score (nSPS) is 44.7. The molecule has 0 aromatic carbocycles. The van der Waals surface area contributed by atoms with Crippen molar-refractivity contribution in [2.75, 3.05) is 13.7 Å². The van der Waals surface area contributed by atoms with Gasteiger partial charge >= 0.3 is 0 Å². The van der Waals surface area contributed by atoms with Gasteiger partial charge in [0, 0.05) is 25.8 Å². The van der Waals surface area contributed by atoms with Crippen molar-refractivity contribution >= 4 is 0 Å². The molecule has 18 heavy (non-hydrogen) atoms. The largest absolute Gasteiger partial charge is 0.377 e. The number of hydrogen-bond acceptors (Lipinski definition) is 3. The highest BCUT2D eigenvalue weighted by Crippen LogP contribution is 2.33. The van der Waals surface area contributed by atoms with Gasteiger partial charge in [-0.2, -0.15) is 0 Å². The molecular weight excluding hydrogens is 226 g/mol. The third-order valence-electron chi connectivity index (χ3n) is 5.04. The first-order valence-electron chi connectivity index (χ1n) is 7.57. The van der Waals surface area contributed by atoms with E-state index in [1.165, 1.54) is 19.3 Å². The van der Waals surface area contributed by atoms with Gasteiger partial charge in [-0.1, -0.05) is 26.7 Å². The summed E-state index contributed by atoms with van der Waals surface area (Å²) in [6.45, 7) is 7.62. The molecule has 3 nitrogen and oxygen atoms in total. The van der Waals surface area contributed by atoms with Crippen LogP contribution in [-0.4, -0.2) is 38.0 Å². The van der Waals surface area contributed by atoms with Crippen molar-refractivity contribution in [3.05, 3.63) is 0 Å². The Morgan fingerprint density at radius 3 is 2.61 bits per heavy atom. The van der Waals surface area contributed by atoms with Crippen LogP contribution in [0.3, 0.4) is 0 Å². The molecule has 0 spiro atoms. The molecule has 6 unspecified atom stereocenters. The molecule has 2 aliphatic carbocycles. The molecule has 0 amide bonds. The molecule has 2 saturated carbocycles. The quantitative estimate of drug-likeness (QED) is 0.819. The number of nitrogens with one attached hydrogen (secondary N) is 1. The van der Waals surface area contributed by atoms with E-state index in [2.05, 4.69) is 26.1 Å². The smallest absolute Gasteiger partial charge is 0.0986 e. The van der Waals surface area contributed by atoms with Crippen molar-refractivity contribution in [1.29, 1.82) is 0 Å². The summed E-state index contributed by atoms with van der Waals surface area (Å²) in [5, 5.41) is 3.82. The Bertz CT molecular complexity index is 259. The van der Waals surface area contributed by atoms with E-state index in [0.29, 0.717) is 18.2 Å². The Morgan fingerprint density at radius 2 is 1.94 bits per heavy atom. The van der Waals surface area contributed by atoms with E-state index in [1.54, 1.807) is 7.11 Å². The van der Waals surface area contributed by atoms with E-state index in [9.17, 15) is 0 Å². The fourth-order valence-corrected chi connectivity index (χ4v) is 3.53. The molecule has 0 bridgehead atoms. The van der Waals surface area contributed by atoms with Gasteiger partial charge in [-0.15, -0.1) is 0 Å². The fraction of sp³-hybridized carbons (Fsp3) is 1.00. The van der Waals surface area contributed by atoms with Crippen LogP contribution in [0.4, 0.5) is 0 Å². The Balaban J connectivity index is 1.83. The van der Waals surface area contributed by atoms with Gasteiger partial charge in [0.05, 0.1) is 12.2 Å². The molecule has 1 N–H and O–H groups in total. The zero-order valence-corrected chi connectivity index (χ0v) is 12.3. The highest BCUT2D eigenvalue weighted by molar-refractivity contribution is 4.99. The van der Waals surface area contributed by atoms with Gasteiger partial charge in [0.1, 0.15) is 0 Å². The highest BCUT2D eigenvalue weighted by atomic mass is 16.5. The summed E-state index contributed by atoms with van der Waals surface area (Å²) in [4.78, 5) is 0. The average molecular weight is 255 g/mol. The number of rotatable bonds is 5. The van der Waals surface area contributed by atoms with E-state index in [-0.39, 0.29) is 6.10 Å². The lowest BCUT2D eigenvalue weighted by Crippen LogP contribution is -2.63. The predicted octanol–water partition coefficient (Wildman–Crippen LogP) is 2.59. The van der Waals surface area contributed by atoms with Crippen LogP contribution in [0.15, 0.2) is 0 Å². The standard InChI is InChI=1S/C15H29NO2/c1-5-18-14-9-13(15(14)17-4)16-12-8-6-7-10(2)11(12)3/h10-16H,5-9H2,1-4H3. The van der Waals surface area contributed by atoms with Crippen molar-refractivity contribution in [3.8, 4) is 0 Å². The van der Waals surface area contributed by atoms with Crippen LogP contribution < -0.4 is 5.32 Å². The highest BCUT2D eigenvalue weighted by Gasteiger charge is 2.43. The molecule has 2 aliphatic rings. The topological polar surface area (TPSA) is 30.5 Å².